The number of nitrogens with one attached hydrogen (secondary N) is 2. The molecule has 0 saturated carbocycles. The summed E-state index contributed by atoms with van der Waals surface area (Å²) in [5, 5.41) is 5.59. The lowest BCUT2D eigenvalue weighted by Gasteiger charge is -2.07. The van der Waals surface area contributed by atoms with Gasteiger partial charge in [0.05, 0.1) is 11.4 Å². The van der Waals surface area contributed by atoms with E-state index in [9.17, 15) is 9.59 Å². The molecule has 5 heteroatoms. The molecule has 28 heavy (non-hydrogen) atoms. The first-order valence-corrected chi connectivity index (χ1v) is 8.83. The van der Waals surface area contributed by atoms with Gasteiger partial charge in [-0.15, -0.1) is 0 Å². The fraction of sp³-hybridized carbons (Fsp3) is 0.0435. The quantitative estimate of drug-likeness (QED) is 0.457. The number of hydrogen-bond donors (Lipinski definition) is 3. The molecule has 0 aromatic heterocycles. The van der Waals surface area contributed by atoms with E-state index in [1.165, 1.54) is 6.08 Å². The first kappa shape index (κ1) is 18.9. The van der Waals surface area contributed by atoms with Gasteiger partial charge in [-0.2, -0.15) is 0 Å². The number of benzene rings is 3. The number of carbonyl (C=O) groups is 2. The van der Waals surface area contributed by atoms with Crippen LogP contribution in [0.4, 0.5) is 17.1 Å². The minimum absolute atomic E-state index is 0.208. The van der Waals surface area contributed by atoms with Gasteiger partial charge in [0.15, 0.2) is 0 Å². The minimum atomic E-state index is -0.299. The van der Waals surface area contributed by atoms with E-state index >= 15 is 0 Å². The summed E-state index contributed by atoms with van der Waals surface area (Å²) in [6.07, 6.45) is 3.06. The molecule has 0 unspecified atom stereocenters. The SMILES string of the molecule is Cc1ccc(NC(=O)c2cccc(C=CC(=O)Nc3ccccc3N)c2)cc1. The normalized spacial score (nSPS) is 10.6. The van der Waals surface area contributed by atoms with Crippen molar-refractivity contribution in [3.63, 3.8) is 0 Å². The lowest BCUT2D eigenvalue weighted by Crippen LogP contribution is -2.12. The third-order valence-corrected chi connectivity index (χ3v) is 4.10. The molecule has 0 heterocycles. The second-order valence-electron chi connectivity index (χ2n) is 6.36. The second kappa shape index (κ2) is 8.68. The molecule has 2 amide bonds. The van der Waals surface area contributed by atoms with Gasteiger partial charge in [-0.05, 0) is 55.0 Å². The van der Waals surface area contributed by atoms with Crippen LogP contribution in [0.3, 0.4) is 0 Å². The standard InChI is InChI=1S/C23H21N3O2/c1-16-9-12-19(13-10-16)25-23(28)18-6-4-5-17(15-18)11-14-22(27)26-21-8-3-2-7-20(21)24/h2-15H,24H2,1H3,(H,25,28)(H,26,27). The first-order valence-electron chi connectivity index (χ1n) is 8.83. The van der Waals surface area contributed by atoms with Gasteiger partial charge >= 0.3 is 0 Å². The van der Waals surface area contributed by atoms with Crippen molar-refractivity contribution >= 4 is 35.0 Å². The average Bonchev–Trinajstić information content (AvgIpc) is 2.70. The lowest BCUT2D eigenvalue weighted by atomic mass is 10.1. The second-order valence-corrected chi connectivity index (χ2v) is 6.36. The lowest BCUT2D eigenvalue weighted by molar-refractivity contribution is -0.111. The third-order valence-electron chi connectivity index (χ3n) is 4.10. The van der Waals surface area contributed by atoms with Gasteiger partial charge in [0, 0.05) is 17.3 Å². The van der Waals surface area contributed by atoms with Crippen LogP contribution in [0.2, 0.25) is 0 Å². The molecule has 4 N–H and O–H groups in total. The topological polar surface area (TPSA) is 84.2 Å². The maximum atomic E-state index is 12.4. The number of nitrogen functional groups attached to an aromatic ring is 1. The number of hydrogen-bond acceptors (Lipinski definition) is 3. The highest BCUT2D eigenvalue weighted by Crippen LogP contribution is 2.17. The van der Waals surface area contributed by atoms with E-state index in [0.717, 1.165) is 16.8 Å². The number of anilines is 3. The van der Waals surface area contributed by atoms with Crippen LogP contribution >= 0.6 is 0 Å². The molecule has 0 atom stereocenters. The van der Waals surface area contributed by atoms with Gasteiger partial charge in [0.1, 0.15) is 0 Å². The summed E-state index contributed by atoms with van der Waals surface area (Å²) >= 11 is 0. The van der Waals surface area contributed by atoms with E-state index in [0.29, 0.717) is 16.9 Å². The fourth-order valence-corrected chi connectivity index (χ4v) is 2.58. The highest BCUT2D eigenvalue weighted by atomic mass is 16.2. The van der Waals surface area contributed by atoms with Crippen molar-refractivity contribution in [2.24, 2.45) is 0 Å². The van der Waals surface area contributed by atoms with E-state index in [4.69, 9.17) is 5.73 Å². The average molecular weight is 371 g/mol. The molecule has 0 radical (unpaired) electrons. The third kappa shape index (κ3) is 5.08. The van der Waals surface area contributed by atoms with E-state index < -0.39 is 0 Å². The number of amides is 2. The van der Waals surface area contributed by atoms with Gasteiger partial charge in [-0.3, -0.25) is 9.59 Å². The molecule has 0 aliphatic heterocycles. The van der Waals surface area contributed by atoms with Gasteiger partial charge in [-0.25, -0.2) is 0 Å². The predicted molar refractivity (Wildman–Crippen MR) is 114 cm³/mol. The summed E-state index contributed by atoms with van der Waals surface area (Å²) in [6.45, 7) is 1.99. The molecule has 0 saturated heterocycles. The van der Waals surface area contributed by atoms with Crippen LogP contribution in [0.15, 0.2) is 78.9 Å². The Morgan fingerprint density at radius 2 is 1.64 bits per heavy atom. The Kier molecular flexibility index (Phi) is 5.87. The molecule has 3 aromatic rings. The Bertz CT molecular complexity index is 1020. The summed E-state index contributed by atoms with van der Waals surface area (Å²) in [4.78, 5) is 24.5. The molecule has 140 valence electrons. The summed E-state index contributed by atoms with van der Waals surface area (Å²) < 4.78 is 0. The summed E-state index contributed by atoms with van der Waals surface area (Å²) in [6, 6.07) is 21.7. The Balaban J connectivity index is 1.66. The smallest absolute Gasteiger partial charge is 0.255 e. The Morgan fingerprint density at radius 1 is 0.893 bits per heavy atom. The molecule has 0 spiro atoms. The number of rotatable bonds is 5. The maximum Gasteiger partial charge on any atom is 0.255 e. The molecular weight excluding hydrogens is 350 g/mol. The van der Waals surface area contributed by atoms with Crippen LogP contribution < -0.4 is 16.4 Å². The Hall–Kier alpha value is -3.86. The van der Waals surface area contributed by atoms with E-state index in [2.05, 4.69) is 10.6 Å². The van der Waals surface area contributed by atoms with Crippen LogP contribution in [0, 0.1) is 6.92 Å². The van der Waals surface area contributed by atoms with Crippen molar-refractivity contribution in [1.29, 1.82) is 0 Å². The number of carbonyl (C=O) groups excluding carboxylic acids is 2. The molecule has 0 fully saturated rings. The van der Waals surface area contributed by atoms with Crippen molar-refractivity contribution in [2.75, 3.05) is 16.4 Å². The van der Waals surface area contributed by atoms with Crippen LogP contribution in [0.25, 0.3) is 6.08 Å². The summed E-state index contributed by atoms with van der Waals surface area (Å²) in [7, 11) is 0. The minimum Gasteiger partial charge on any atom is -0.397 e. The van der Waals surface area contributed by atoms with Crippen LogP contribution in [0.1, 0.15) is 21.5 Å². The van der Waals surface area contributed by atoms with Crippen LogP contribution in [-0.4, -0.2) is 11.8 Å². The van der Waals surface area contributed by atoms with Crippen molar-refractivity contribution in [3.05, 3.63) is 95.6 Å². The zero-order valence-corrected chi connectivity index (χ0v) is 15.5. The van der Waals surface area contributed by atoms with Crippen molar-refractivity contribution in [1.82, 2.24) is 0 Å². The van der Waals surface area contributed by atoms with Crippen LogP contribution in [-0.2, 0) is 4.79 Å². The Morgan fingerprint density at radius 3 is 2.39 bits per heavy atom. The fourth-order valence-electron chi connectivity index (χ4n) is 2.58. The Labute approximate surface area is 163 Å². The van der Waals surface area contributed by atoms with Gasteiger partial charge in [-0.1, -0.05) is 42.0 Å². The molecule has 0 aliphatic rings. The zero-order chi connectivity index (χ0) is 19.9. The molecule has 3 rings (SSSR count). The first-order chi connectivity index (χ1) is 13.5. The number of para-hydroxylation sites is 2. The van der Waals surface area contributed by atoms with Gasteiger partial charge in [0.2, 0.25) is 5.91 Å². The maximum absolute atomic E-state index is 12.4. The molecular formula is C23H21N3O2. The molecule has 0 aliphatic carbocycles. The van der Waals surface area contributed by atoms with Crippen LogP contribution in [0.5, 0.6) is 0 Å². The monoisotopic (exact) mass is 371 g/mol. The van der Waals surface area contributed by atoms with E-state index in [1.54, 1.807) is 48.5 Å². The molecule has 5 nitrogen and oxygen atoms in total. The van der Waals surface area contributed by atoms with Gasteiger partial charge < -0.3 is 16.4 Å². The predicted octanol–water partition coefficient (Wildman–Crippen LogP) is 4.48. The van der Waals surface area contributed by atoms with E-state index in [1.807, 2.05) is 37.3 Å². The highest BCUT2D eigenvalue weighted by molar-refractivity contribution is 6.05. The number of nitrogens with two attached hydrogens (primary N) is 1. The van der Waals surface area contributed by atoms with Gasteiger partial charge in [0.25, 0.3) is 5.91 Å². The highest BCUT2D eigenvalue weighted by Gasteiger charge is 2.06. The summed E-state index contributed by atoms with van der Waals surface area (Å²) in [5.41, 5.74) is 9.99. The largest absolute Gasteiger partial charge is 0.397 e. The zero-order valence-electron chi connectivity index (χ0n) is 15.5. The summed E-state index contributed by atoms with van der Waals surface area (Å²) in [5.74, 6) is -0.506. The van der Waals surface area contributed by atoms with Crippen molar-refractivity contribution < 1.29 is 9.59 Å². The molecule has 0 bridgehead atoms. The number of aryl methyl sites for hydroxylation is 1. The van der Waals surface area contributed by atoms with Crippen molar-refractivity contribution in [2.45, 2.75) is 6.92 Å². The molecule has 3 aromatic carbocycles. The van der Waals surface area contributed by atoms with Crippen molar-refractivity contribution in [3.8, 4) is 0 Å². The van der Waals surface area contributed by atoms with E-state index in [-0.39, 0.29) is 11.8 Å².